The van der Waals surface area contributed by atoms with Crippen LogP contribution < -0.4 is 5.56 Å². The van der Waals surface area contributed by atoms with Gasteiger partial charge < -0.3 is 4.57 Å². The molecule has 3 aromatic rings. The summed E-state index contributed by atoms with van der Waals surface area (Å²) in [5, 5.41) is 4.07. The lowest BCUT2D eigenvalue weighted by molar-refractivity contribution is -0.139. The van der Waals surface area contributed by atoms with Crippen LogP contribution in [-0.2, 0) is 12.7 Å². The number of aryl methyl sites for hydroxylation is 1. The Balaban J connectivity index is 1.72. The van der Waals surface area contributed by atoms with Gasteiger partial charge in [0.25, 0.3) is 5.56 Å². The summed E-state index contributed by atoms with van der Waals surface area (Å²) >= 11 is 0. The molecule has 0 amide bonds. The minimum Gasteiger partial charge on any atom is -0.318 e. The molecule has 5 nitrogen and oxygen atoms in total. The first-order chi connectivity index (χ1) is 14.2. The molecule has 156 valence electrons. The number of benzene rings is 1. The molecular formula is C22H20F3N3O2. The number of hydrogen-bond acceptors (Lipinski definition) is 3. The number of aromatic nitrogens is 3. The highest BCUT2D eigenvalue weighted by atomic mass is 19.4. The van der Waals surface area contributed by atoms with E-state index in [4.69, 9.17) is 0 Å². The Morgan fingerprint density at radius 3 is 2.40 bits per heavy atom. The molecule has 0 aliphatic heterocycles. The maximum absolute atomic E-state index is 13.3. The number of alkyl halides is 3. The van der Waals surface area contributed by atoms with Gasteiger partial charge in [-0.2, -0.15) is 18.3 Å². The molecule has 2 heterocycles. The summed E-state index contributed by atoms with van der Waals surface area (Å²) in [7, 11) is 0. The molecule has 0 bridgehead atoms. The first-order valence-corrected chi connectivity index (χ1v) is 9.63. The molecule has 8 heteroatoms. The van der Waals surface area contributed by atoms with E-state index in [-0.39, 0.29) is 11.6 Å². The van der Waals surface area contributed by atoms with Gasteiger partial charge in [0.1, 0.15) is 12.1 Å². The van der Waals surface area contributed by atoms with Crippen molar-refractivity contribution in [3.8, 4) is 5.69 Å². The zero-order chi connectivity index (χ0) is 21.6. The molecule has 1 aromatic carbocycles. The molecule has 0 saturated heterocycles. The number of carbonyl (C=O) groups excluding carboxylic acids is 1. The number of halogens is 3. The fourth-order valence-electron chi connectivity index (χ4n) is 3.69. The molecule has 1 fully saturated rings. The number of rotatable bonds is 5. The molecule has 2 aromatic heterocycles. The lowest BCUT2D eigenvalue weighted by atomic mass is 10.1. The maximum Gasteiger partial charge on any atom is 0.421 e. The van der Waals surface area contributed by atoms with Gasteiger partial charge in [-0.1, -0.05) is 18.2 Å². The minimum absolute atomic E-state index is 0.0869. The fourth-order valence-corrected chi connectivity index (χ4v) is 3.69. The van der Waals surface area contributed by atoms with Crippen LogP contribution in [0, 0.1) is 13.8 Å². The molecule has 0 unspecified atom stereocenters. The second kappa shape index (κ2) is 7.27. The summed E-state index contributed by atoms with van der Waals surface area (Å²) in [5.74, 6) is -0.544. The van der Waals surface area contributed by atoms with E-state index in [0.29, 0.717) is 15.9 Å². The number of carbonyl (C=O) groups is 1. The molecule has 0 spiro atoms. The van der Waals surface area contributed by atoms with Crippen LogP contribution in [0.1, 0.15) is 51.8 Å². The standard InChI is InChI=1S/C22H20F3N3O2/c1-13-10-17(14(2)28(13)16-6-4-3-5-7-16)20(29)12-27-21(30)18(22(23,24)25)11-19(26-27)15-8-9-15/h3-7,10-11,15H,8-9,12H2,1-2H3. The van der Waals surface area contributed by atoms with E-state index in [2.05, 4.69) is 5.10 Å². The second-order valence-corrected chi connectivity index (χ2v) is 7.60. The first kappa shape index (κ1) is 20.1. The second-order valence-electron chi connectivity index (χ2n) is 7.60. The predicted octanol–water partition coefficient (Wildman–Crippen LogP) is 4.43. The largest absolute Gasteiger partial charge is 0.421 e. The monoisotopic (exact) mass is 415 g/mol. The molecule has 1 saturated carbocycles. The summed E-state index contributed by atoms with van der Waals surface area (Å²) < 4.78 is 42.5. The van der Waals surface area contributed by atoms with E-state index in [1.54, 1.807) is 13.0 Å². The van der Waals surface area contributed by atoms with Gasteiger partial charge >= 0.3 is 6.18 Å². The number of Topliss-reactive ketones (excluding diaryl/α,β-unsaturated/α-hetero) is 1. The highest BCUT2D eigenvalue weighted by molar-refractivity contribution is 5.97. The summed E-state index contributed by atoms with van der Waals surface area (Å²) in [6, 6.07) is 11.9. The normalized spacial score (nSPS) is 14.2. The lowest BCUT2D eigenvalue weighted by Crippen LogP contribution is -2.33. The van der Waals surface area contributed by atoms with Crippen LogP contribution in [0.15, 0.2) is 47.3 Å². The Labute approximate surface area is 170 Å². The van der Waals surface area contributed by atoms with Crippen molar-refractivity contribution in [2.24, 2.45) is 0 Å². The molecular weight excluding hydrogens is 395 g/mol. The van der Waals surface area contributed by atoms with Crippen LogP contribution in [-0.4, -0.2) is 20.1 Å². The average Bonchev–Trinajstić information content (AvgIpc) is 3.48. The SMILES string of the molecule is Cc1cc(C(=O)Cn2nc(C3CC3)cc(C(F)(F)F)c2=O)c(C)n1-c1ccccc1. The molecule has 0 N–H and O–H groups in total. The van der Waals surface area contributed by atoms with E-state index in [1.165, 1.54) is 0 Å². The molecule has 4 rings (SSSR count). The lowest BCUT2D eigenvalue weighted by Gasteiger charge is -2.12. The van der Waals surface area contributed by atoms with Crippen molar-refractivity contribution in [3.63, 3.8) is 0 Å². The predicted molar refractivity (Wildman–Crippen MR) is 105 cm³/mol. The van der Waals surface area contributed by atoms with Crippen molar-refractivity contribution < 1.29 is 18.0 Å². The van der Waals surface area contributed by atoms with E-state index in [1.807, 2.05) is 41.8 Å². The zero-order valence-electron chi connectivity index (χ0n) is 16.5. The van der Waals surface area contributed by atoms with E-state index < -0.39 is 29.6 Å². The van der Waals surface area contributed by atoms with Crippen molar-refractivity contribution in [1.82, 2.24) is 14.3 Å². The maximum atomic E-state index is 13.3. The topological polar surface area (TPSA) is 56.9 Å². The number of ketones is 1. The molecule has 0 atom stereocenters. The fraction of sp³-hybridized carbons (Fsp3) is 0.318. The van der Waals surface area contributed by atoms with Crippen LogP contribution in [0.4, 0.5) is 13.2 Å². The quantitative estimate of drug-likeness (QED) is 0.580. The number of nitrogens with zero attached hydrogens (tertiary/aromatic N) is 3. The van der Waals surface area contributed by atoms with Crippen molar-refractivity contribution in [3.05, 3.63) is 81.0 Å². The van der Waals surface area contributed by atoms with Crippen molar-refractivity contribution in [1.29, 1.82) is 0 Å². The minimum atomic E-state index is -4.79. The Hall–Kier alpha value is -3.16. The summed E-state index contributed by atoms with van der Waals surface area (Å²) in [4.78, 5) is 25.3. The van der Waals surface area contributed by atoms with Crippen LogP contribution in [0.2, 0.25) is 0 Å². The average molecular weight is 415 g/mol. The Bertz CT molecular complexity index is 1170. The molecule has 30 heavy (non-hydrogen) atoms. The smallest absolute Gasteiger partial charge is 0.318 e. The van der Waals surface area contributed by atoms with Gasteiger partial charge in [-0.3, -0.25) is 9.59 Å². The number of hydrogen-bond donors (Lipinski definition) is 0. The van der Waals surface area contributed by atoms with Gasteiger partial charge in [-0.25, -0.2) is 4.68 Å². The molecule has 0 radical (unpaired) electrons. The Kier molecular flexibility index (Phi) is 4.88. The first-order valence-electron chi connectivity index (χ1n) is 9.63. The zero-order valence-corrected chi connectivity index (χ0v) is 16.5. The van der Waals surface area contributed by atoms with Gasteiger partial charge in [-0.05, 0) is 51.0 Å². The number of para-hydroxylation sites is 1. The third-order valence-corrected chi connectivity index (χ3v) is 5.33. The summed E-state index contributed by atoms with van der Waals surface area (Å²) in [6.07, 6.45) is -3.33. The van der Waals surface area contributed by atoms with Gasteiger partial charge in [0.2, 0.25) is 0 Å². The molecule has 1 aliphatic rings. The van der Waals surface area contributed by atoms with Crippen molar-refractivity contribution in [2.75, 3.05) is 0 Å². The summed E-state index contributed by atoms with van der Waals surface area (Å²) in [6.45, 7) is 3.07. The van der Waals surface area contributed by atoms with Crippen LogP contribution in [0.5, 0.6) is 0 Å². The highest BCUT2D eigenvalue weighted by Crippen LogP contribution is 2.40. The van der Waals surface area contributed by atoms with Gasteiger partial charge in [0, 0.05) is 28.6 Å². The third-order valence-electron chi connectivity index (χ3n) is 5.33. The van der Waals surface area contributed by atoms with Crippen molar-refractivity contribution in [2.45, 2.75) is 45.3 Å². The van der Waals surface area contributed by atoms with E-state index in [9.17, 15) is 22.8 Å². The van der Waals surface area contributed by atoms with Gasteiger partial charge in [0.05, 0.1) is 5.69 Å². The third kappa shape index (κ3) is 3.69. The van der Waals surface area contributed by atoms with Crippen LogP contribution in [0.25, 0.3) is 5.69 Å². The van der Waals surface area contributed by atoms with E-state index in [0.717, 1.165) is 30.3 Å². The van der Waals surface area contributed by atoms with Crippen LogP contribution in [0.3, 0.4) is 0 Å². The van der Waals surface area contributed by atoms with Crippen molar-refractivity contribution >= 4 is 5.78 Å². The Morgan fingerprint density at radius 2 is 1.80 bits per heavy atom. The van der Waals surface area contributed by atoms with Gasteiger partial charge in [-0.15, -0.1) is 0 Å². The molecule has 1 aliphatic carbocycles. The van der Waals surface area contributed by atoms with Crippen LogP contribution >= 0.6 is 0 Å². The highest BCUT2D eigenvalue weighted by Gasteiger charge is 2.38. The van der Waals surface area contributed by atoms with E-state index >= 15 is 0 Å². The Morgan fingerprint density at radius 1 is 1.13 bits per heavy atom. The van der Waals surface area contributed by atoms with Gasteiger partial charge in [0.15, 0.2) is 5.78 Å². The summed E-state index contributed by atoms with van der Waals surface area (Å²) in [5.41, 5.74) is 0.340.